The molecule has 0 aromatic heterocycles. The number of rotatable bonds is 4. The normalized spacial score (nSPS) is 20.3. The Bertz CT molecular complexity index is 551. The van der Waals surface area contributed by atoms with Gasteiger partial charge in [-0.2, -0.15) is 0 Å². The van der Waals surface area contributed by atoms with E-state index in [0.717, 1.165) is 38.1 Å². The molecule has 0 aliphatic carbocycles. The highest BCUT2D eigenvalue weighted by Crippen LogP contribution is 2.20. The molecule has 1 aliphatic rings. The van der Waals surface area contributed by atoms with Gasteiger partial charge in [-0.25, -0.2) is 21.5 Å². The molecule has 1 heterocycles. The van der Waals surface area contributed by atoms with Gasteiger partial charge in [0.25, 0.3) is 0 Å². The van der Waals surface area contributed by atoms with Gasteiger partial charge in [0, 0.05) is 19.7 Å². The van der Waals surface area contributed by atoms with Crippen LogP contribution >= 0.6 is 0 Å². The molecule has 0 radical (unpaired) electrons. The van der Waals surface area contributed by atoms with Crippen molar-refractivity contribution in [2.45, 2.75) is 17.7 Å². The summed E-state index contributed by atoms with van der Waals surface area (Å²) in [7, 11) is -2.42. The van der Waals surface area contributed by atoms with Gasteiger partial charge in [0.1, 0.15) is 11.6 Å². The predicted octanol–water partition coefficient (Wildman–Crippen LogP) is 1.58. The van der Waals surface area contributed by atoms with Gasteiger partial charge < -0.3 is 5.32 Å². The van der Waals surface area contributed by atoms with Gasteiger partial charge >= 0.3 is 0 Å². The Morgan fingerprint density at radius 3 is 2.50 bits per heavy atom. The van der Waals surface area contributed by atoms with Crippen LogP contribution in [0.15, 0.2) is 23.1 Å². The maximum Gasteiger partial charge on any atom is 0.243 e. The Morgan fingerprint density at radius 2 is 1.95 bits per heavy atom. The lowest BCUT2D eigenvalue weighted by Crippen LogP contribution is -2.39. The van der Waals surface area contributed by atoms with Crippen LogP contribution in [0.5, 0.6) is 0 Å². The smallest absolute Gasteiger partial charge is 0.243 e. The van der Waals surface area contributed by atoms with E-state index in [1.807, 2.05) is 0 Å². The van der Waals surface area contributed by atoms with Gasteiger partial charge in [-0.3, -0.25) is 0 Å². The summed E-state index contributed by atoms with van der Waals surface area (Å²) < 4.78 is 52.0. The standard InChI is InChI=1S/C13H18F2N2O2S/c1-17(9-10-3-2-4-16-8-10)20(18,19)13-6-11(14)5-12(15)7-13/h5-7,10,16H,2-4,8-9H2,1H3. The fourth-order valence-electron chi connectivity index (χ4n) is 2.40. The molecule has 0 amide bonds. The van der Waals surface area contributed by atoms with E-state index in [9.17, 15) is 17.2 Å². The summed E-state index contributed by atoms with van der Waals surface area (Å²) in [6.07, 6.45) is 1.96. The SMILES string of the molecule is CN(CC1CCCNC1)S(=O)(=O)c1cc(F)cc(F)c1. The molecule has 0 spiro atoms. The number of halogens is 2. The molecule has 1 aromatic rings. The summed E-state index contributed by atoms with van der Waals surface area (Å²) in [4.78, 5) is -0.346. The summed E-state index contributed by atoms with van der Waals surface area (Å²) in [6.45, 7) is 2.05. The quantitative estimate of drug-likeness (QED) is 0.919. The Morgan fingerprint density at radius 1 is 1.30 bits per heavy atom. The molecule has 1 aliphatic heterocycles. The second-order valence-electron chi connectivity index (χ2n) is 5.10. The van der Waals surface area contributed by atoms with Gasteiger partial charge in [-0.1, -0.05) is 0 Å². The van der Waals surface area contributed by atoms with Crippen LogP contribution in [0.2, 0.25) is 0 Å². The molecule has 7 heteroatoms. The third-order valence-corrected chi connectivity index (χ3v) is 5.26. The molecule has 1 atom stereocenters. The van der Waals surface area contributed by atoms with Gasteiger partial charge in [0.2, 0.25) is 10.0 Å². The fraction of sp³-hybridized carbons (Fsp3) is 0.538. The van der Waals surface area contributed by atoms with Gasteiger partial charge in [0.15, 0.2) is 0 Å². The van der Waals surface area contributed by atoms with Crippen molar-refractivity contribution in [1.29, 1.82) is 0 Å². The maximum atomic E-state index is 13.1. The highest BCUT2D eigenvalue weighted by Gasteiger charge is 2.25. The zero-order valence-corrected chi connectivity index (χ0v) is 12.1. The van der Waals surface area contributed by atoms with Gasteiger partial charge in [-0.15, -0.1) is 0 Å². The Hall–Kier alpha value is -1.05. The number of hydrogen-bond acceptors (Lipinski definition) is 3. The summed E-state index contributed by atoms with van der Waals surface area (Å²) in [5.74, 6) is -1.56. The van der Waals surface area contributed by atoms with E-state index < -0.39 is 21.7 Å². The van der Waals surface area contributed by atoms with E-state index in [4.69, 9.17) is 0 Å². The van der Waals surface area contributed by atoms with Gasteiger partial charge in [0.05, 0.1) is 4.90 Å². The van der Waals surface area contributed by atoms with Crippen molar-refractivity contribution in [3.05, 3.63) is 29.8 Å². The highest BCUT2D eigenvalue weighted by atomic mass is 32.2. The number of nitrogens with zero attached hydrogens (tertiary/aromatic N) is 1. The van der Waals surface area contributed by atoms with Crippen molar-refractivity contribution >= 4 is 10.0 Å². The summed E-state index contributed by atoms with van der Waals surface area (Å²) in [5, 5.41) is 3.21. The van der Waals surface area contributed by atoms with Crippen molar-refractivity contribution in [3.63, 3.8) is 0 Å². The largest absolute Gasteiger partial charge is 0.316 e. The van der Waals surface area contributed by atoms with Crippen LogP contribution in [0.25, 0.3) is 0 Å². The molecular weight excluding hydrogens is 286 g/mol. The van der Waals surface area contributed by atoms with E-state index in [0.29, 0.717) is 12.6 Å². The first kappa shape index (κ1) is 15.3. The van der Waals surface area contributed by atoms with Crippen LogP contribution in [-0.2, 0) is 10.0 Å². The second kappa shape index (κ2) is 6.15. The fourth-order valence-corrected chi connectivity index (χ4v) is 3.69. The zero-order chi connectivity index (χ0) is 14.8. The first-order valence-corrected chi connectivity index (χ1v) is 7.97. The van der Waals surface area contributed by atoms with Crippen LogP contribution in [0.3, 0.4) is 0 Å². The molecular formula is C13H18F2N2O2S. The first-order chi connectivity index (χ1) is 9.39. The molecule has 0 bridgehead atoms. The average Bonchev–Trinajstić information content (AvgIpc) is 2.38. The topological polar surface area (TPSA) is 49.4 Å². The molecule has 1 aromatic carbocycles. The minimum absolute atomic E-state index is 0.224. The summed E-state index contributed by atoms with van der Waals surface area (Å²) >= 11 is 0. The first-order valence-electron chi connectivity index (χ1n) is 6.53. The number of hydrogen-bond donors (Lipinski definition) is 1. The Labute approximate surface area is 117 Å². The van der Waals surface area contributed by atoms with Crippen LogP contribution in [-0.4, -0.2) is 39.4 Å². The molecule has 1 saturated heterocycles. The van der Waals surface area contributed by atoms with Crippen LogP contribution in [0.4, 0.5) is 8.78 Å². The highest BCUT2D eigenvalue weighted by molar-refractivity contribution is 7.89. The maximum absolute atomic E-state index is 13.1. The minimum Gasteiger partial charge on any atom is -0.316 e. The van der Waals surface area contributed by atoms with Crippen molar-refractivity contribution in [1.82, 2.24) is 9.62 Å². The molecule has 4 nitrogen and oxygen atoms in total. The van der Waals surface area contributed by atoms with E-state index in [2.05, 4.69) is 5.32 Å². The molecule has 0 saturated carbocycles. The van der Waals surface area contributed by atoms with E-state index in [1.54, 1.807) is 0 Å². The lowest BCUT2D eigenvalue weighted by molar-refractivity contribution is 0.314. The lowest BCUT2D eigenvalue weighted by Gasteiger charge is -2.27. The lowest BCUT2D eigenvalue weighted by atomic mass is 10.00. The van der Waals surface area contributed by atoms with E-state index in [1.165, 1.54) is 11.4 Å². The van der Waals surface area contributed by atoms with Crippen LogP contribution in [0.1, 0.15) is 12.8 Å². The van der Waals surface area contributed by atoms with Crippen molar-refractivity contribution in [3.8, 4) is 0 Å². The van der Waals surface area contributed by atoms with E-state index in [-0.39, 0.29) is 10.8 Å². The van der Waals surface area contributed by atoms with Crippen LogP contribution < -0.4 is 5.32 Å². The molecule has 1 unspecified atom stereocenters. The van der Waals surface area contributed by atoms with Crippen molar-refractivity contribution in [2.75, 3.05) is 26.7 Å². The molecule has 20 heavy (non-hydrogen) atoms. The number of piperidine rings is 1. The summed E-state index contributed by atoms with van der Waals surface area (Å²) in [6, 6.07) is 2.34. The number of benzene rings is 1. The Kier molecular flexibility index (Phi) is 4.72. The zero-order valence-electron chi connectivity index (χ0n) is 11.3. The monoisotopic (exact) mass is 304 g/mol. The molecule has 1 fully saturated rings. The average molecular weight is 304 g/mol. The second-order valence-corrected chi connectivity index (χ2v) is 7.15. The Balaban J connectivity index is 2.15. The third kappa shape index (κ3) is 3.53. The van der Waals surface area contributed by atoms with E-state index >= 15 is 0 Å². The molecule has 112 valence electrons. The predicted molar refractivity (Wildman–Crippen MR) is 71.8 cm³/mol. The van der Waals surface area contributed by atoms with Crippen LogP contribution in [0, 0.1) is 17.6 Å². The minimum atomic E-state index is -3.86. The number of nitrogens with one attached hydrogen (secondary N) is 1. The number of sulfonamides is 1. The summed E-state index contributed by atoms with van der Waals surface area (Å²) in [5.41, 5.74) is 0. The van der Waals surface area contributed by atoms with Crippen molar-refractivity contribution in [2.24, 2.45) is 5.92 Å². The van der Waals surface area contributed by atoms with Crippen molar-refractivity contribution < 1.29 is 17.2 Å². The third-order valence-electron chi connectivity index (χ3n) is 3.46. The molecule has 2 rings (SSSR count). The van der Waals surface area contributed by atoms with Gasteiger partial charge in [-0.05, 0) is 44.0 Å². The molecule has 1 N–H and O–H groups in total.